The Morgan fingerprint density at radius 3 is 2.87 bits per heavy atom. The second-order valence-electron chi connectivity index (χ2n) is 7.68. The summed E-state index contributed by atoms with van der Waals surface area (Å²) in [4.78, 5) is 14.9. The molecule has 0 aliphatic carbocycles. The van der Waals surface area contributed by atoms with E-state index >= 15 is 0 Å². The van der Waals surface area contributed by atoms with Crippen LogP contribution < -0.4 is 9.47 Å². The number of likely N-dealkylation sites (tertiary alicyclic amines) is 1. The van der Waals surface area contributed by atoms with Crippen molar-refractivity contribution in [3.63, 3.8) is 0 Å². The maximum absolute atomic E-state index is 13.0. The molecule has 160 valence electrons. The Kier molecular flexibility index (Phi) is 5.55. The molecule has 0 radical (unpaired) electrons. The van der Waals surface area contributed by atoms with Crippen LogP contribution in [0.3, 0.4) is 0 Å². The minimum atomic E-state index is 0.0504. The van der Waals surface area contributed by atoms with Gasteiger partial charge in [-0.1, -0.05) is 35.5 Å². The number of nitrogens with zero attached hydrogens (tertiary/aromatic N) is 3. The number of aromatic nitrogens is 2. The molecule has 1 atom stereocenters. The van der Waals surface area contributed by atoms with Crippen molar-refractivity contribution < 1.29 is 18.7 Å². The van der Waals surface area contributed by atoms with Crippen LogP contribution in [-0.2, 0) is 4.79 Å². The van der Waals surface area contributed by atoms with Gasteiger partial charge in [-0.15, -0.1) is 10.2 Å². The molecular weight excluding hydrogens is 414 g/mol. The van der Waals surface area contributed by atoms with Crippen LogP contribution in [0.4, 0.5) is 0 Å². The standard InChI is InChI=1S/C23H23N3O4S/c1-15-4-2-5-17(12-15)22-24-25-23(30-22)31-14-21(27)26-9-3-6-18(26)16-7-8-19-20(13-16)29-11-10-28-19/h2,4-5,7-8,12-13,18H,3,6,9-11,14H2,1H3/t18-/m1/s1. The lowest BCUT2D eigenvalue weighted by atomic mass is 10.0. The molecule has 31 heavy (non-hydrogen) atoms. The van der Waals surface area contributed by atoms with Gasteiger partial charge in [0.25, 0.3) is 5.22 Å². The first-order valence-electron chi connectivity index (χ1n) is 10.4. The molecule has 1 fully saturated rings. The van der Waals surface area contributed by atoms with Gasteiger partial charge in [0, 0.05) is 12.1 Å². The number of rotatable bonds is 5. The van der Waals surface area contributed by atoms with Gasteiger partial charge in [0.1, 0.15) is 13.2 Å². The lowest BCUT2D eigenvalue weighted by Crippen LogP contribution is -2.32. The van der Waals surface area contributed by atoms with E-state index in [0.717, 1.165) is 47.6 Å². The van der Waals surface area contributed by atoms with Crippen LogP contribution in [0, 0.1) is 6.92 Å². The van der Waals surface area contributed by atoms with Crippen LogP contribution in [-0.4, -0.2) is 46.5 Å². The van der Waals surface area contributed by atoms with Crippen molar-refractivity contribution >= 4 is 17.7 Å². The monoisotopic (exact) mass is 437 g/mol. The summed E-state index contributed by atoms with van der Waals surface area (Å²) in [6, 6.07) is 13.9. The van der Waals surface area contributed by atoms with E-state index in [1.54, 1.807) is 0 Å². The van der Waals surface area contributed by atoms with Crippen molar-refractivity contribution in [1.29, 1.82) is 0 Å². The molecule has 0 unspecified atom stereocenters. The highest BCUT2D eigenvalue weighted by Crippen LogP contribution is 2.38. The molecule has 1 saturated heterocycles. The normalized spacial score (nSPS) is 17.7. The first-order valence-corrected chi connectivity index (χ1v) is 11.4. The Hall–Kier alpha value is -3.00. The molecule has 3 heterocycles. The van der Waals surface area contributed by atoms with Crippen molar-refractivity contribution in [1.82, 2.24) is 15.1 Å². The highest BCUT2D eigenvalue weighted by molar-refractivity contribution is 7.99. The minimum Gasteiger partial charge on any atom is -0.486 e. The van der Waals surface area contributed by atoms with Crippen molar-refractivity contribution in [2.75, 3.05) is 25.5 Å². The number of thioether (sulfide) groups is 1. The fourth-order valence-electron chi connectivity index (χ4n) is 4.05. The molecule has 2 aromatic carbocycles. The first kappa shape index (κ1) is 19.9. The number of carbonyl (C=O) groups is 1. The Labute approximate surface area is 184 Å². The summed E-state index contributed by atoms with van der Waals surface area (Å²) in [6.07, 6.45) is 1.92. The van der Waals surface area contributed by atoms with Gasteiger partial charge >= 0.3 is 0 Å². The van der Waals surface area contributed by atoms with Gasteiger partial charge in [-0.25, -0.2) is 0 Å². The SMILES string of the molecule is Cc1cccc(-c2nnc(SCC(=O)N3CCC[C@@H]3c3ccc4c(c3)OCCO4)o2)c1. The molecule has 0 saturated carbocycles. The van der Waals surface area contributed by atoms with Crippen LogP contribution in [0.2, 0.25) is 0 Å². The van der Waals surface area contributed by atoms with Crippen molar-refractivity contribution in [2.45, 2.75) is 31.0 Å². The Morgan fingerprint density at radius 1 is 1.13 bits per heavy atom. The molecule has 0 spiro atoms. The molecule has 5 rings (SSSR count). The summed E-state index contributed by atoms with van der Waals surface area (Å²) < 4.78 is 17.1. The fraction of sp³-hybridized carbons (Fsp3) is 0.348. The zero-order valence-electron chi connectivity index (χ0n) is 17.2. The zero-order valence-corrected chi connectivity index (χ0v) is 18.1. The zero-order chi connectivity index (χ0) is 21.2. The number of hydrogen-bond donors (Lipinski definition) is 0. The van der Waals surface area contributed by atoms with Crippen LogP contribution >= 0.6 is 11.8 Å². The predicted molar refractivity (Wildman–Crippen MR) is 116 cm³/mol. The van der Waals surface area contributed by atoms with Gasteiger partial charge in [-0.2, -0.15) is 0 Å². The largest absolute Gasteiger partial charge is 0.486 e. The van der Waals surface area contributed by atoms with Gasteiger partial charge < -0.3 is 18.8 Å². The van der Waals surface area contributed by atoms with E-state index in [9.17, 15) is 4.79 Å². The molecule has 0 bridgehead atoms. The Morgan fingerprint density at radius 2 is 2.00 bits per heavy atom. The van der Waals surface area contributed by atoms with Gasteiger partial charge in [0.2, 0.25) is 11.8 Å². The van der Waals surface area contributed by atoms with Crippen LogP contribution in [0.15, 0.2) is 52.1 Å². The quantitative estimate of drug-likeness (QED) is 0.552. The van der Waals surface area contributed by atoms with E-state index in [2.05, 4.69) is 10.2 Å². The van der Waals surface area contributed by atoms with E-state index in [0.29, 0.717) is 24.3 Å². The fourth-order valence-corrected chi connectivity index (χ4v) is 4.70. The number of fused-ring (bicyclic) bond motifs is 1. The van der Waals surface area contributed by atoms with Crippen molar-refractivity contribution in [3.8, 4) is 23.0 Å². The maximum atomic E-state index is 13.0. The number of aryl methyl sites for hydroxylation is 1. The van der Waals surface area contributed by atoms with Crippen molar-refractivity contribution in [3.05, 3.63) is 53.6 Å². The smallest absolute Gasteiger partial charge is 0.277 e. The topological polar surface area (TPSA) is 77.7 Å². The number of amides is 1. The molecule has 1 amide bonds. The third-order valence-electron chi connectivity index (χ3n) is 5.51. The van der Waals surface area contributed by atoms with E-state index in [-0.39, 0.29) is 17.7 Å². The molecule has 2 aliphatic rings. The van der Waals surface area contributed by atoms with E-state index in [4.69, 9.17) is 13.9 Å². The molecule has 7 nitrogen and oxygen atoms in total. The second kappa shape index (κ2) is 8.63. The Bertz CT molecular complexity index is 1100. The van der Waals surface area contributed by atoms with E-state index in [1.807, 2.05) is 54.3 Å². The minimum absolute atomic E-state index is 0.0504. The molecule has 2 aliphatic heterocycles. The average Bonchev–Trinajstić information content (AvgIpc) is 3.47. The summed E-state index contributed by atoms with van der Waals surface area (Å²) >= 11 is 1.28. The molecule has 0 N–H and O–H groups in total. The summed E-state index contributed by atoms with van der Waals surface area (Å²) in [5.74, 6) is 2.32. The maximum Gasteiger partial charge on any atom is 0.277 e. The lowest BCUT2D eigenvalue weighted by molar-refractivity contribution is -0.129. The lowest BCUT2D eigenvalue weighted by Gasteiger charge is -2.26. The second-order valence-corrected chi connectivity index (χ2v) is 8.61. The summed E-state index contributed by atoms with van der Waals surface area (Å²) in [6.45, 7) is 3.88. The number of ether oxygens (including phenoxy) is 2. The number of benzene rings is 2. The highest BCUT2D eigenvalue weighted by atomic mass is 32.2. The number of carbonyl (C=O) groups excluding carboxylic acids is 1. The third-order valence-corrected chi connectivity index (χ3v) is 6.32. The molecule has 1 aromatic heterocycles. The molecular formula is C23H23N3O4S. The van der Waals surface area contributed by atoms with Gasteiger partial charge in [0.15, 0.2) is 11.5 Å². The van der Waals surface area contributed by atoms with E-state index in [1.165, 1.54) is 11.8 Å². The predicted octanol–water partition coefficient (Wildman–Crippen LogP) is 4.27. The van der Waals surface area contributed by atoms with Crippen molar-refractivity contribution in [2.24, 2.45) is 0 Å². The van der Waals surface area contributed by atoms with Crippen LogP contribution in [0.25, 0.3) is 11.5 Å². The van der Waals surface area contributed by atoms with E-state index < -0.39 is 0 Å². The van der Waals surface area contributed by atoms with Crippen LogP contribution in [0.1, 0.15) is 30.0 Å². The van der Waals surface area contributed by atoms with Crippen LogP contribution in [0.5, 0.6) is 11.5 Å². The van der Waals surface area contributed by atoms with Gasteiger partial charge in [-0.3, -0.25) is 4.79 Å². The molecule has 8 heteroatoms. The summed E-state index contributed by atoms with van der Waals surface area (Å²) in [5.41, 5.74) is 3.09. The third kappa shape index (κ3) is 4.25. The van der Waals surface area contributed by atoms with Gasteiger partial charge in [-0.05, 0) is 49.6 Å². The van der Waals surface area contributed by atoms with Gasteiger partial charge in [0.05, 0.1) is 11.8 Å². The summed E-state index contributed by atoms with van der Waals surface area (Å²) in [5, 5.41) is 8.61. The molecule has 3 aromatic rings. The average molecular weight is 438 g/mol. The summed E-state index contributed by atoms with van der Waals surface area (Å²) in [7, 11) is 0. The number of hydrogen-bond acceptors (Lipinski definition) is 7. The highest BCUT2D eigenvalue weighted by Gasteiger charge is 2.31. The Balaban J connectivity index is 1.24. The first-order chi connectivity index (χ1) is 15.2.